The van der Waals surface area contributed by atoms with Crippen LogP contribution in [-0.2, 0) is 4.79 Å². The molecule has 0 aliphatic heterocycles. The van der Waals surface area contributed by atoms with E-state index in [-0.39, 0.29) is 18.1 Å². The molecule has 0 saturated heterocycles. The van der Waals surface area contributed by atoms with Crippen molar-refractivity contribution in [1.29, 1.82) is 0 Å². The number of carboxylic acids is 1. The molecule has 1 aliphatic rings. The van der Waals surface area contributed by atoms with Gasteiger partial charge in [0.15, 0.2) is 0 Å². The molecule has 4 N–H and O–H groups in total. The van der Waals surface area contributed by atoms with Crippen LogP contribution in [-0.4, -0.2) is 28.5 Å². The Balaban J connectivity index is 1.99. The number of carbonyl (C=O) groups excluding carboxylic acids is 1. The molecule has 1 saturated carbocycles. The lowest BCUT2D eigenvalue weighted by Gasteiger charge is -2.23. The van der Waals surface area contributed by atoms with E-state index >= 15 is 0 Å². The van der Waals surface area contributed by atoms with E-state index in [1.807, 2.05) is 0 Å². The second kappa shape index (κ2) is 5.26. The molecule has 0 atom stereocenters. The second-order valence-electron chi connectivity index (χ2n) is 4.95. The van der Waals surface area contributed by atoms with E-state index in [1.54, 1.807) is 6.07 Å². The molecule has 1 aliphatic carbocycles. The summed E-state index contributed by atoms with van der Waals surface area (Å²) in [5.41, 5.74) is 5.40. The number of carbonyl (C=O) groups is 2. The van der Waals surface area contributed by atoms with Gasteiger partial charge in [-0.05, 0) is 25.0 Å². The van der Waals surface area contributed by atoms with E-state index in [9.17, 15) is 14.7 Å². The Morgan fingerprint density at radius 1 is 1.37 bits per heavy atom. The first-order valence-electron chi connectivity index (χ1n) is 6.27. The van der Waals surface area contributed by atoms with E-state index < -0.39 is 11.4 Å². The summed E-state index contributed by atoms with van der Waals surface area (Å²) in [6.45, 7) is 0.146. The molecule has 2 rings (SSSR count). The Hall–Kier alpha value is -2.11. The lowest BCUT2D eigenvalue weighted by Crippen LogP contribution is -2.41. The monoisotopic (exact) mass is 263 g/mol. The van der Waals surface area contributed by atoms with Gasteiger partial charge in [0, 0.05) is 6.54 Å². The number of nitrogens with two attached hydrogens (primary N) is 1. The zero-order chi connectivity index (χ0) is 13.9. The van der Waals surface area contributed by atoms with Gasteiger partial charge in [-0.3, -0.25) is 9.59 Å². The highest BCUT2D eigenvalue weighted by Gasteiger charge is 2.41. The number of anilines is 1. The fraction of sp³-hybridized carbons (Fsp3) is 0.462. The van der Waals surface area contributed by atoms with Crippen LogP contribution in [0.3, 0.4) is 0 Å². The number of hydrogen-bond acceptors (Lipinski definition) is 4. The number of pyridine rings is 1. The quantitative estimate of drug-likeness (QED) is 0.752. The summed E-state index contributed by atoms with van der Waals surface area (Å²) in [6, 6.07) is 3.11. The van der Waals surface area contributed by atoms with Crippen molar-refractivity contribution in [3.63, 3.8) is 0 Å². The Bertz CT molecular complexity index is 478. The molecule has 1 aromatic heterocycles. The average molecular weight is 263 g/mol. The molecule has 1 aromatic rings. The van der Waals surface area contributed by atoms with Gasteiger partial charge in [-0.15, -0.1) is 0 Å². The molecule has 19 heavy (non-hydrogen) atoms. The van der Waals surface area contributed by atoms with Crippen molar-refractivity contribution < 1.29 is 14.7 Å². The van der Waals surface area contributed by atoms with Crippen LogP contribution < -0.4 is 11.1 Å². The van der Waals surface area contributed by atoms with Crippen LogP contribution in [0.15, 0.2) is 18.3 Å². The fourth-order valence-electron chi connectivity index (χ4n) is 2.40. The SMILES string of the molecule is Nc1ccc(C(=O)NCC2(C(=O)O)CCCC2)nc1. The number of hydrogen-bond donors (Lipinski definition) is 3. The number of nitrogen functional groups attached to an aromatic ring is 1. The van der Waals surface area contributed by atoms with Crippen molar-refractivity contribution in [3.8, 4) is 0 Å². The van der Waals surface area contributed by atoms with Crippen LogP contribution >= 0.6 is 0 Å². The van der Waals surface area contributed by atoms with Crippen LogP contribution in [0.1, 0.15) is 36.2 Å². The summed E-state index contributed by atoms with van der Waals surface area (Å²) < 4.78 is 0. The summed E-state index contributed by atoms with van der Waals surface area (Å²) in [6.07, 6.45) is 4.40. The number of nitrogens with one attached hydrogen (secondary N) is 1. The van der Waals surface area contributed by atoms with Crippen LogP contribution in [0, 0.1) is 5.41 Å². The Kier molecular flexibility index (Phi) is 3.69. The van der Waals surface area contributed by atoms with Gasteiger partial charge in [0.25, 0.3) is 5.91 Å². The molecular formula is C13H17N3O3. The lowest BCUT2D eigenvalue weighted by atomic mass is 9.86. The molecule has 1 amide bonds. The normalized spacial score (nSPS) is 17.1. The van der Waals surface area contributed by atoms with Gasteiger partial charge < -0.3 is 16.2 Å². The van der Waals surface area contributed by atoms with E-state index in [2.05, 4.69) is 10.3 Å². The minimum atomic E-state index is -0.837. The largest absolute Gasteiger partial charge is 0.481 e. The topological polar surface area (TPSA) is 105 Å². The van der Waals surface area contributed by atoms with Gasteiger partial charge in [-0.2, -0.15) is 0 Å². The summed E-state index contributed by atoms with van der Waals surface area (Å²) >= 11 is 0. The Labute approximate surface area is 111 Å². The maximum absolute atomic E-state index is 11.9. The van der Waals surface area contributed by atoms with E-state index in [4.69, 9.17) is 5.73 Å². The molecule has 0 spiro atoms. The molecule has 1 heterocycles. The molecule has 0 unspecified atom stereocenters. The van der Waals surface area contributed by atoms with Gasteiger partial charge in [0.05, 0.1) is 17.3 Å². The van der Waals surface area contributed by atoms with Crippen molar-refractivity contribution in [2.24, 2.45) is 5.41 Å². The summed E-state index contributed by atoms with van der Waals surface area (Å²) in [7, 11) is 0. The molecule has 0 aromatic carbocycles. The molecule has 102 valence electrons. The number of nitrogens with zero attached hydrogens (tertiary/aromatic N) is 1. The van der Waals surface area contributed by atoms with Gasteiger partial charge in [0.2, 0.25) is 0 Å². The summed E-state index contributed by atoms with van der Waals surface area (Å²) in [5, 5.41) is 12.0. The first kappa shape index (κ1) is 13.3. The highest BCUT2D eigenvalue weighted by atomic mass is 16.4. The van der Waals surface area contributed by atoms with Gasteiger partial charge in [0.1, 0.15) is 5.69 Å². The molecule has 0 radical (unpaired) electrons. The van der Waals surface area contributed by atoms with Crippen LogP contribution in [0.25, 0.3) is 0 Å². The standard InChI is InChI=1S/C13H17N3O3/c14-9-3-4-10(15-7-9)11(17)16-8-13(12(18)19)5-1-2-6-13/h3-4,7H,1-2,5-6,8,14H2,(H,16,17)(H,18,19). The van der Waals surface area contributed by atoms with Crippen molar-refractivity contribution in [2.75, 3.05) is 12.3 Å². The average Bonchev–Trinajstić information content (AvgIpc) is 2.87. The maximum atomic E-state index is 11.9. The van der Waals surface area contributed by atoms with E-state index in [1.165, 1.54) is 12.3 Å². The predicted molar refractivity (Wildman–Crippen MR) is 69.5 cm³/mol. The highest BCUT2D eigenvalue weighted by Crippen LogP contribution is 2.37. The fourth-order valence-corrected chi connectivity index (χ4v) is 2.40. The molecular weight excluding hydrogens is 246 g/mol. The highest BCUT2D eigenvalue weighted by molar-refractivity contribution is 5.92. The lowest BCUT2D eigenvalue weighted by molar-refractivity contribution is -0.148. The van der Waals surface area contributed by atoms with E-state index in [0.29, 0.717) is 18.5 Å². The van der Waals surface area contributed by atoms with Crippen molar-refractivity contribution in [1.82, 2.24) is 10.3 Å². The van der Waals surface area contributed by atoms with E-state index in [0.717, 1.165) is 12.8 Å². The van der Waals surface area contributed by atoms with Crippen molar-refractivity contribution >= 4 is 17.6 Å². The minimum Gasteiger partial charge on any atom is -0.481 e. The Morgan fingerprint density at radius 3 is 2.58 bits per heavy atom. The van der Waals surface area contributed by atoms with Gasteiger partial charge in [-0.1, -0.05) is 12.8 Å². The predicted octanol–water partition coefficient (Wildman–Crippen LogP) is 1.04. The minimum absolute atomic E-state index is 0.146. The number of aliphatic carboxylic acids is 1. The summed E-state index contributed by atoms with van der Waals surface area (Å²) in [4.78, 5) is 27.1. The molecule has 1 fully saturated rings. The van der Waals surface area contributed by atoms with Crippen LogP contribution in [0.4, 0.5) is 5.69 Å². The summed E-state index contributed by atoms with van der Waals surface area (Å²) in [5.74, 6) is -1.21. The Morgan fingerprint density at radius 2 is 2.05 bits per heavy atom. The van der Waals surface area contributed by atoms with Crippen molar-refractivity contribution in [2.45, 2.75) is 25.7 Å². The third-order valence-corrected chi connectivity index (χ3v) is 3.62. The number of aromatic nitrogens is 1. The van der Waals surface area contributed by atoms with Gasteiger partial charge >= 0.3 is 5.97 Å². The second-order valence-corrected chi connectivity index (χ2v) is 4.95. The maximum Gasteiger partial charge on any atom is 0.311 e. The van der Waals surface area contributed by atoms with Crippen molar-refractivity contribution in [3.05, 3.63) is 24.0 Å². The van der Waals surface area contributed by atoms with Crippen LogP contribution in [0.5, 0.6) is 0 Å². The van der Waals surface area contributed by atoms with Crippen LogP contribution in [0.2, 0.25) is 0 Å². The van der Waals surface area contributed by atoms with Gasteiger partial charge in [-0.25, -0.2) is 4.98 Å². The molecule has 6 nitrogen and oxygen atoms in total. The number of carboxylic acid groups (broad SMARTS) is 1. The zero-order valence-corrected chi connectivity index (χ0v) is 10.6. The smallest absolute Gasteiger partial charge is 0.311 e. The first-order chi connectivity index (χ1) is 9.03. The molecule has 6 heteroatoms. The number of amides is 1. The molecule has 0 bridgehead atoms. The number of rotatable bonds is 4. The first-order valence-corrected chi connectivity index (χ1v) is 6.27. The zero-order valence-electron chi connectivity index (χ0n) is 10.6. The third-order valence-electron chi connectivity index (χ3n) is 3.62. The third kappa shape index (κ3) is 2.83.